The van der Waals surface area contributed by atoms with Crippen LogP contribution in [0.3, 0.4) is 0 Å². The van der Waals surface area contributed by atoms with Crippen molar-refractivity contribution in [1.29, 1.82) is 0 Å². The highest BCUT2D eigenvalue weighted by molar-refractivity contribution is 5.44. The topological polar surface area (TPSA) is 35.2 Å². The summed E-state index contributed by atoms with van der Waals surface area (Å²) in [6, 6.07) is 13.8. The molecule has 2 nitrogen and oxygen atoms in total. The fourth-order valence-electron chi connectivity index (χ4n) is 1.93. The number of hydrogen-bond donors (Lipinski definition) is 1. The molecule has 0 heterocycles. The molecule has 0 unspecified atom stereocenters. The summed E-state index contributed by atoms with van der Waals surface area (Å²) in [5.74, 6) is 1.72. The normalized spacial score (nSPS) is 10.3. The van der Waals surface area contributed by atoms with Crippen LogP contribution in [0, 0.1) is 6.92 Å². The van der Waals surface area contributed by atoms with Gasteiger partial charge in [0.25, 0.3) is 0 Å². The molecule has 0 aliphatic rings. The first kappa shape index (κ1) is 12.5. The molecule has 0 aromatic heterocycles. The number of ether oxygens (including phenoxy) is 1. The molecule has 0 spiro atoms. The molecular weight excluding hydrogens is 222 g/mol. The third-order valence-corrected chi connectivity index (χ3v) is 2.89. The van der Waals surface area contributed by atoms with Crippen LogP contribution in [0.15, 0.2) is 42.5 Å². The molecule has 2 aromatic carbocycles. The molecule has 2 aromatic rings. The quantitative estimate of drug-likeness (QED) is 0.809. The van der Waals surface area contributed by atoms with Crippen LogP contribution in [-0.4, -0.2) is 0 Å². The molecule has 0 aliphatic heterocycles. The van der Waals surface area contributed by atoms with Gasteiger partial charge >= 0.3 is 0 Å². The van der Waals surface area contributed by atoms with Crippen molar-refractivity contribution in [2.24, 2.45) is 0 Å². The summed E-state index contributed by atoms with van der Waals surface area (Å²) in [7, 11) is 0. The molecule has 0 saturated carbocycles. The average Bonchev–Trinajstić information content (AvgIpc) is 2.36. The summed E-state index contributed by atoms with van der Waals surface area (Å²) < 4.78 is 5.84. The van der Waals surface area contributed by atoms with Crippen LogP contribution < -0.4 is 10.5 Å². The van der Waals surface area contributed by atoms with Crippen LogP contribution in [0.1, 0.15) is 24.5 Å². The Labute approximate surface area is 108 Å². The van der Waals surface area contributed by atoms with Crippen molar-refractivity contribution in [3.8, 4) is 11.5 Å². The monoisotopic (exact) mass is 241 g/mol. The van der Waals surface area contributed by atoms with E-state index in [-0.39, 0.29) is 0 Å². The zero-order valence-electron chi connectivity index (χ0n) is 10.9. The second-order valence-electron chi connectivity index (χ2n) is 4.52. The third-order valence-electron chi connectivity index (χ3n) is 2.89. The largest absolute Gasteiger partial charge is 0.457 e. The molecule has 0 atom stereocenters. The Morgan fingerprint density at radius 1 is 1.06 bits per heavy atom. The smallest absolute Gasteiger partial charge is 0.130 e. The summed E-state index contributed by atoms with van der Waals surface area (Å²) in [5, 5.41) is 0. The molecule has 0 bridgehead atoms. The number of nitrogens with two attached hydrogens (primary N) is 1. The first-order valence-electron chi connectivity index (χ1n) is 6.32. The van der Waals surface area contributed by atoms with Gasteiger partial charge in [-0.1, -0.05) is 25.5 Å². The van der Waals surface area contributed by atoms with Crippen LogP contribution >= 0.6 is 0 Å². The molecule has 2 N–H and O–H groups in total. The van der Waals surface area contributed by atoms with Gasteiger partial charge in [0.05, 0.1) is 0 Å². The van der Waals surface area contributed by atoms with E-state index in [2.05, 4.69) is 26.0 Å². The lowest BCUT2D eigenvalue weighted by Crippen LogP contribution is -1.91. The highest BCUT2D eigenvalue weighted by Gasteiger charge is 2.02. The highest BCUT2D eigenvalue weighted by atomic mass is 16.5. The number of aryl methyl sites for hydroxylation is 2. The van der Waals surface area contributed by atoms with Crippen molar-refractivity contribution in [2.45, 2.75) is 26.7 Å². The molecule has 0 saturated heterocycles. The van der Waals surface area contributed by atoms with Gasteiger partial charge in [0, 0.05) is 5.69 Å². The van der Waals surface area contributed by atoms with Gasteiger partial charge in [0.15, 0.2) is 0 Å². The van der Waals surface area contributed by atoms with Gasteiger partial charge in [-0.3, -0.25) is 0 Å². The van der Waals surface area contributed by atoms with Gasteiger partial charge in [-0.15, -0.1) is 0 Å². The van der Waals surface area contributed by atoms with Crippen LogP contribution in [0.4, 0.5) is 5.69 Å². The molecule has 0 aliphatic carbocycles. The van der Waals surface area contributed by atoms with E-state index >= 15 is 0 Å². The summed E-state index contributed by atoms with van der Waals surface area (Å²) in [6.07, 6.45) is 2.28. The summed E-state index contributed by atoms with van der Waals surface area (Å²) in [4.78, 5) is 0. The summed E-state index contributed by atoms with van der Waals surface area (Å²) in [5.41, 5.74) is 8.92. The molecule has 0 fully saturated rings. The molecule has 0 radical (unpaired) electrons. The molecular formula is C16H19NO. The Hall–Kier alpha value is -1.96. The Bertz CT molecular complexity index is 517. The minimum Gasteiger partial charge on any atom is -0.457 e. The second kappa shape index (κ2) is 5.58. The van der Waals surface area contributed by atoms with Crippen molar-refractivity contribution >= 4 is 5.69 Å². The standard InChI is InChI=1S/C16H19NO/c1-3-4-13-5-10-16(12(2)11-13)18-15-8-6-14(17)7-9-15/h5-11H,3-4,17H2,1-2H3. The third kappa shape index (κ3) is 3.04. The highest BCUT2D eigenvalue weighted by Crippen LogP contribution is 2.26. The molecule has 94 valence electrons. The van der Waals surface area contributed by atoms with Gasteiger partial charge in [0.1, 0.15) is 11.5 Å². The number of hydrogen-bond acceptors (Lipinski definition) is 2. The Kier molecular flexibility index (Phi) is 3.88. The van der Waals surface area contributed by atoms with Gasteiger partial charge in [-0.25, -0.2) is 0 Å². The first-order valence-corrected chi connectivity index (χ1v) is 6.32. The van der Waals surface area contributed by atoms with Crippen LogP contribution in [0.25, 0.3) is 0 Å². The zero-order valence-corrected chi connectivity index (χ0v) is 10.9. The Balaban J connectivity index is 2.16. The Morgan fingerprint density at radius 2 is 1.78 bits per heavy atom. The second-order valence-corrected chi connectivity index (χ2v) is 4.52. The summed E-state index contributed by atoms with van der Waals surface area (Å²) >= 11 is 0. The fraction of sp³-hybridized carbons (Fsp3) is 0.250. The van der Waals surface area contributed by atoms with Crippen molar-refractivity contribution in [1.82, 2.24) is 0 Å². The van der Waals surface area contributed by atoms with E-state index in [1.165, 1.54) is 5.56 Å². The van der Waals surface area contributed by atoms with E-state index in [1.807, 2.05) is 30.3 Å². The maximum Gasteiger partial charge on any atom is 0.130 e. The molecule has 0 amide bonds. The minimum atomic E-state index is 0.748. The van der Waals surface area contributed by atoms with Crippen molar-refractivity contribution in [3.63, 3.8) is 0 Å². The predicted molar refractivity (Wildman–Crippen MR) is 76.1 cm³/mol. The van der Waals surface area contributed by atoms with Gasteiger partial charge in [-0.05, 0) is 54.8 Å². The maximum absolute atomic E-state index is 5.84. The SMILES string of the molecule is CCCc1ccc(Oc2ccc(N)cc2)c(C)c1. The minimum absolute atomic E-state index is 0.748. The Morgan fingerprint density at radius 3 is 2.39 bits per heavy atom. The lowest BCUT2D eigenvalue weighted by Gasteiger charge is -2.10. The van der Waals surface area contributed by atoms with E-state index in [0.29, 0.717) is 0 Å². The fourth-order valence-corrected chi connectivity index (χ4v) is 1.93. The summed E-state index contributed by atoms with van der Waals surface area (Å²) in [6.45, 7) is 4.26. The molecule has 2 rings (SSSR count). The van der Waals surface area contributed by atoms with E-state index in [1.54, 1.807) is 0 Å². The van der Waals surface area contributed by atoms with Crippen LogP contribution in [-0.2, 0) is 6.42 Å². The van der Waals surface area contributed by atoms with Crippen LogP contribution in [0.5, 0.6) is 11.5 Å². The number of anilines is 1. The first-order chi connectivity index (χ1) is 8.69. The van der Waals surface area contributed by atoms with E-state index in [4.69, 9.17) is 10.5 Å². The van der Waals surface area contributed by atoms with E-state index < -0.39 is 0 Å². The van der Waals surface area contributed by atoms with Gasteiger partial charge in [0.2, 0.25) is 0 Å². The zero-order chi connectivity index (χ0) is 13.0. The van der Waals surface area contributed by atoms with E-state index in [9.17, 15) is 0 Å². The molecule has 2 heteroatoms. The molecule has 18 heavy (non-hydrogen) atoms. The average molecular weight is 241 g/mol. The lowest BCUT2D eigenvalue weighted by atomic mass is 10.1. The van der Waals surface area contributed by atoms with Gasteiger partial charge < -0.3 is 10.5 Å². The van der Waals surface area contributed by atoms with Crippen LogP contribution in [0.2, 0.25) is 0 Å². The maximum atomic E-state index is 5.84. The number of rotatable bonds is 4. The van der Waals surface area contributed by atoms with Crippen molar-refractivity contribution in [2.75, 3.05) is 5.73 Å². The van der Waals surface area contributed by atoms with Crippen molar-refractivity contribution < 1.29 is 4.74 Å². The van der Waals surface area contributed by atoms with Gasteiger partial charge in [-0.2, -0.15) is 0 Å². The lowest BCUT2D eigenvalue weighted by molar-refractivity contribution is 0.478. The predicted octanol–water partition coefficient (Wildman–Crippen LogP) is 4.32. The number of benzene rings is 2. The van der Waals surface area contributed by atoms with Crippen molar-refractivity contribution in [3.05, 3.63) is 53.6 Å². The van der Waals surface area contributed by atoms with E-state index in [0.717, 1.165) is 35.6 Å². The number of nitrogen functional groups attached to an aromatic ring is 1.